The third-order valence-corrected chi connectivity index (χ3v) is 3.93. The van der Waals surface area contributed by atoms with Crippen LogP contribution in [0.25, 0.3) is 0 Å². The van der Waals surface area contributed by atoms with E-state index in [0.29, 0.717) is 18.6 Å². The Morgan fingerprint density at radius 2 is 1.91 bits per heavy atom. The molecule has 1 N–H and O–H groups in total. The van der Waals surface area contributed by atoms with Crippen LogP contribution in [0.1, 0.15) is 39.5 Å². The lowest BCUT2D eigenvalue weighted by Crippen LogP contribution is -2.40. The summed E-state index contributed by atoms with van der Waals surface area (Å²) >= 11 is 0. The topological polar surface area (TPSA) is 38.3 Å². The molecule has 3 nitrogen and oxygen atoms in total. The minimum absolute atomic E-state index is 0.104. The summed E-state index contributed by atoms with van der Waals surface area (Å²) < 4.78 is 45.9. The molecule has 1 amide bonds. The van der Waals surface area contributed by atoms with Gasteiger partial charge in [0.05, 0.1) is 11.8 Å². The Balaban J connectivity index is 2.14. The van der Waals surface area contributed by atoms with Gasteiger partial charge in [-0.25, -0.2) is 13.2 Å². The van der Waals surface area contributed by atoms with Crippen LogP contribution in [-0.2, 0) is 4.79 Å². The predicted molar refractivity (Wildman–Crippen MR) is 77.7 cm³/mol. The minimum Gasteiger partial charge on any atom is -0.491 e. The van der Waals surface area contributed by atoms with Crippen molar-refractivity contribution in [3.8, 4) is 5.75 Å². The predicted octanol–water partition coefficient (Wildman–Crippen LogP) is 4.38. The van der Waals surface area contributed by atoms with E-state index in [2.05, 4.69) is 5.32 Å². The van der Waals surface area contributed by atoms with E-state index in [0.717, 1.165) is 6.07 Å². The van der Waals surface area contributed by atoms with Crippen molar-refractivity contribution < 1.29 is 22.7 Å². The van der Waals surface area contributed by atoms with Gasteiger partial charge in [0.15, 0.2) is 0 Å². The molecule has 0 radical (unpaired) electrons. The number of rotatable bonds is 5. The molecule has 0 saturated heterocycles. The highest BCUT2D eigenvalue weighted by Gasteiger charge is 2.49. The maximum Gasteiger partial charge on any atom is 0.252 e. The van der Waals surface area contributed by atoms with Crippen LogP contribution in [-0.4, -0.2) is 18.4 Å². The zero-order valence-corrected chi connectivity index (χ0v) is 12.7. The molecule has 2 rings (SSSR count). The van der Waals surface area contributed by atoms with Crippen molar-refractivity contribution in [3.63, 3.8) is 0 Å². The van der Waals surface area contributed by atoms with Gasteiger partial charge in [-0.2, -0.15) is 0 Å². The van der Waals surface area contributed by atoms with E-state index in [9.17, 15) is 18.0 Å². The molecular formula is C16H20F3NO2. The molecule has 1 aromatic rings. The smallest absolute Gasteiger partial charge is 0.252 e. The first-order valence-electron chi connectivity index (χ1n) is 7.41. The monoisotopic (exact) mass is 315 g/mol. The fraction of sp³-hybridized carbons (Fsp3) is 0.562. The van der Waals surface area contributed by atoms with Gasteiger partial charge in [-0.05, 0) is 38.8 Å². The summed E-state index contributed by atoms with van der Waals surface area (Å²) in [6.45, 7) is 3.61. The zero-order chi connectivity index (χ0) is 16.3. The highest BCUT2D eigenvalue weighted by molar-refractivity contribution is 5.96. The molecule has 22 heavy (non-hydrogen) atoms. The summed E-state index contributed by atoms with van der Waals surface area (Å²) in [5.74, 6) is -1.18. The lowest BCUT2D eigenvalue weighted by Gasteiger charge is -2.26. The molecule has 0 unspecified atom stereocenters. The van der Waals surface area contributed by atoms with Crippen LogP contribution in [0.4, 0.5) is 18.9 Å². The third-order valence-electron chi connectivity index (χ3n) is 3.93. The fourth-order valence-electron chi connectivity index (χ4n) is 2.74. The molecule has 1 fully saturated rings. The second kappa shape index (κ2) is 6.58. The van der Waals surface area contributed by atoms with Gasteiger partial charge in [0.1, 0.15) is 17.0 Å². The first kappa shape index (κ1) is 16.6. The van der Waals surface area contributed by atoms with Crippen LogP contribution in [0.15, 0.2) is 18.2 Å². The number of halogens is 3. The first-order chi connectivity index (χ1) is 10.3. The molecule has 1 aromatic carbocycles. The van der Waals surface area contributed by atoms with Crippen molar-refractivity contribution in [2.45, 2.75) is 52.1 Å². The molecule has 0 bridgehead atoms. The Hall–Kier alpha value is -1.72. The second-order valence-electron chi connectivity index (χ2n) is 5.93. The van der Waals surface area contributed by atoms with E-state index in [-0.39, 0.29) is 24.6 Å². The van der Waals surface area contributed by atoms with Crippen LogP contribution in [0.2, 0.25) is 0 Å². The highest BCUT2D eigenvalue weighted by atomic mass is 19.3. The van der Waals surface area contributed by atoms with E-state index < -0.39 is 23.6 Å². The fourth-order valence-corrected chi connectivity index (χ4v) is 2.74. The van der Waals surface area contributed by atoms with Crippen LogP contribution in [0.5, 0.6) is 5.75 Å². The molecule has 0 spiro atoms. The normalized spacial score (nSPS) is 17.0. The Kier molecular flexibility index (Phi) is 4.98. The standard InChI is InChI=1S/C16H20F3NO2/c1-10(2)22-11-5-6-13(12(17)9-11)20-15(21)16(14(18)19)7-3-4-8-16/h5-6,9-10,14H,3-4,7-8H2,1-2H3,(H,20,21). The van der Waals surface area contributed by atoms with E-state index in [1.165, 1.54) is 12.1 Å². The van der Waals surface area contributed by atoms with Crippen molar-refractivity contribution in [2.24, 2.45) is 5.41 Å². The lowest BCUT2D eigenvalue weighted by molar-refractivity contribution is -0.134. The maximum atomic E-state index is 14.0. The van der Waals surface area contributed by atoms with Crippen LogP contribution in [0, 0.1) is 11.2 Å². The first-order valence-corrected chi connectivity index (χ1v) is 7.41. The Morgan fingerprint density at radius 3 is 2.41 bits per heavy atom. The molecular weight excluding hydrogens is 295 g/mol. The highest BCUT2D eigenvalue weighted by Crippen LogP contribution is 2.44. The SMILES string of the molecule is CC(C)Oc1ccc(NC(=O)C2(C(F)F)CCCC2)c(F)c1. The average molecular weight is 315 g/mol. The van der Waals surface area contributed by atoms with Crippen molar-refractivity contribution in [3.05, 3.63) is 24.0 Å². The molecule has 1 aliphatic carbocycles. The van der Waals surface area contributed by atoms with Gasteiger partial charge in [0.2, 0.25) is 5.91 Å². The number of nitrogens with one attached hydrogen (secondary N) is 1. The van der Waals surface area contributed by atoms with Gasteiger partial charge in [0, 0.05) is 6.07 Å². The number of hydrogen-bond donors (Lipinski definition) is 1. The van der Waals surface area contributed by atoms with Gasteiger partial charge in [-0.1, -0.05) is 12.8 Å². The van der Waals surface area contributed by atoms with Gasteiger partial charge in [-0.3, -0.25) is 4.79 Å². The number of carbonyl (C=O) groups excluding carboxylic acids is 1. The van der Waals surface area contributed by atoms with Crippen molar-refractivity contribution in [2.75, 3.05) is 5.32 Å². The van der Waals surface area contributed by atoms with E-state index in [1.807, 2.05) is 0 Å². The molecule has 0 atom stereocenters. The van der Waals surface area contributed by atoms with Crippen molar-refractivity contribution >= 4 is 11.6 Å². The van der Waals surface area contributed by atoms with E-state index in [1.54, 1.807) is 13.8 Å². The number of amides is 1. The zero-order valence-electron chi connectivity index (χ0n) is 12.7. The van der Waals surface area contributed by atoms with Crippen molar-refractivity contribution in [1.29, 1.82) is 0 Å². The summed E-state index contributed by atoms with van der Waals surface area (Å²) in [5, 5.41) is 2.31. The van der Waals surface area contributed by atoms with Gasteiger partial charge in [0.25, 0.3) is 6.43 Å². The Bertz CT molecular complexity index is 540. The summed E-state index contributed by atoms with van der Waals surface area (Å²) in [6, 6.07) is 3.97. The summed E-state index contributed by atoms with van der Waals surface area (Å²) in [5.41, 5.74) is -1.80. The van der Waals surface area contributed by atoms with Crippen LogP contribution < -0.4 is 10.1 Å². The van der Waals surface area contributed by atoms with Crippen molar-refractivity contribution in [1.82, 2.24) is 0 Å². The second-order valence-corrected chi connectivity index (χ2v) is 5.93. The largest absolute Gasteiger partial charge is 0.491 e. The number of benzene rings is 1. The number of carbonyl (C=O) groups is 1. The molecule has 6 heteroatoms. The number of anilines is 1. The number of ether oxygens (including phenoxy) is 1. The third kappa shape index (κ3) is 3.36. The van der Waals surface area contributed by atoms with Gasteiger partial charge >= 0.3 is 0 Å². The van der Waals surface area contributed by atoms with Gasteiger partial charge < -0.3 is 10.1 Å². The number of hydrogen-bond acceptors (Lipinski definition) is 2. The quantitative estimate of drug-likeness (QED) is 0.876. The van der Waals surface area contributed by atoms with E-state index >= 15 is 0 Å². The maximum absolute atomic E-state index is 14.0. The van der Waals surface area contributed by atoms with Gasteiger partial charge in [-0.15, -0.1) is 0 Å². The molecule has 0 aromatic heterocycles. The lowest BCUT2D eigenvalue weighted by atomic mass is 9.85. The van der Waals surface area contributed by atoms with Crippen LogP contribution >= 0.6 is 0 Å². The summed E-state index contributed by atoms with van der Waals surface area (Å²) in [7, 11) is 0. The summed E-state index contributed by atoms with van der Waals surface area (Å²) in [4.78, 5) is 12.2. The molecule has 1 aliphatic rings. The van der Waals surface area contributed by atoms with Crippen LogP contribution in [0.3, 0.4) is 0 Å². The number of alkyl halides is 2. The Morgan fingerprint density at radius 1 is 1.27 bits per heavy atom. The molecule has 122 valence electrons. The molecule has 0 heterocycles. The molecule has 1 saturated carbocycles. The van der Waals surface area contributed by atoms with E-state index in [4.69, 9.17) is 4.74 Å². The average Bonchev–Trinajstić information content (AvgIpc) is 2.92. The minimum atomic E-state index is -2.75. The summed E-state index contributed by atoms with van der Waals surface area (Å²) in [6.07, 6.45) is -1.43. The Labute approximate surface area is 127 Å². The molecule has 0 aliphatic heterocycles.